The van der Waals surface area contributed by atoms with Gasteiger partial charge in [-0.25, -0.2) is 4.79 Å². The van der Waals surface area contributed by atoms with Gasteiger partial charge in [-0.15, -0.1) is 0 Å². The second-order valence-electron chi connectivity index (χ2n) is 5.87. The van der Waals surface area contributed by atoms with Gasteiger partial charge < -0.3 is 14.4 Å². The summed E-state index contributed by atoms with van der Waals surface area (Å²) in [5.74, 6) is 0.787. The molecule has 4 nitrogen and oxygen atoms in total. The summed E-state index contributed by atoms with van der Waals surface area (Å²) in [6.07, 6.45) is 0.565. The fourth-order valence-corrected chi connectivity index (χ4v) is 2.88. The van der Waals surface area contributed by atoms with Gasteiger partial charge in [-0.2, -0.15) is 0 Å². The van der Waals surface area contributed by atoms with E-state index in [0.29, 0.717) is 13.1 Å². The van der Waals surface area contributed by atoms with Crippen molar-refractivity contribution < 1.29 is 14.3 Å². The average molecular weight is 342 g/mol. The molecule has 2 rings (SSSR count). The Morgan fingerprint density at radius 1 is 1.35 bits per heavy atom. The average Bonchev–Trinajstić information content (AvgIpc) is 2.37. The van der Waals surface area contributed by atoms with Gasteiger partial charge in [0.15, 0.2) is 0 Å². The number of methoxy groups -OCH3 is 1. The van der Waals surface area contributed by atoms with E-state index in [9.17, 15) is 4.79 Å². The number of hydrogen-bond acceptors (Lipinski definition) is 3. The molecule has 0 saturated heterocycles. The highest BCUT2D eigenvalue weighted by Crippen LogP contribution is 2.34. The topological polar surface area (TPSA) is 38.8 Å². The van der Waals surface area contributed by atoms with Gasteiger partial charge in [0.1, 0.15) is 11.4 Å². The highest BCUT2D eigenvalue weighted by atomic mass is 79.9. The van der Waals surface area contributed by atoms with Crippen molar-refractivity contribution in [2.45, 2.75) is 39.3 Å². The van der Waals surface area contributed by atoms with Crippen LogP contribution in [-0.2, 0) is 17.7 Å². The van der Waals surface area contributed by atoms with Gasteiger partial charge in [0.25, 0.3) is 0 Å². The number of hydrogen-bond donors (Lipinski definition) is 0. The molecule has 0 spiro atoms. The maximum atomic E-state index is 12.1. The van der Waals surface area contributed by atoms with E-state index >= 15 is 0 Å². The van der Waals surface area contributed by atoms with Gasteiger partial charge in [-0.1, -0.05) is 6.07 Å². The SMILES string of the molecule is COc1ccc2c(c1Br)CN(C(=O)OC(C)(C)C)CC2. The van der Waals surface area contributed by atoms with Gasteiger partial charge in [-0.05, 0) is 60.3 Å². The van der Waals surface area contributed by atoms with Crippen molar-refractivity contribution in [1.82, 2.24) is 4.90 Å². The maximum absolute atomic E-state index is 12.1. The molecular formula is C15H20BrNO3. The minimum Gasteiger partial charge on any atom is -0.496 e. The van der Waals surface area contributed by atoms with Crippen molar-refractivity contribution in [2.24, 2.45) is 0 Å². The third kappa shape index (κ3) is 3.26. The summed E-state index contributed by atoms with van der Waals surface area (Å²) >= 11 is 3.56. The summed E-state index contributed by atoms with van der Waals surface area (Å²) in [4.78, 5) is 13.9. The van der Waals surface area contributed by atoms with Crippen LogP contribution in [0, 0.1) is 0 Å². The number of rotatable bonds is 1. The Labute approximate surface area is 128 Å². The molecule has 20 heavy (non-hydrogen) atoms. The molecular weight excluding hydrogens is 322 g/mol. The standard InChI is InChI=1S/C15H20BrNO3/c1-15(2,3)20-14(18)17-8-7-10-5-6-12(19-4)13(16)11(10)9-17/h5-6H,7-9H2,1-4H3. The van der Waals surface area contributed by atoms with Crippen molar-refractivity contribution in [2.75, 3.05) is 13.7 Å². The van der Waals surface area contributed by atoms with Crippen LogP contribution < -0.4 is 4.74 Å². The molecule has 1 aliphatic rings. The number of carbonyl (C=O) groups is 1. The highest BCUT2D eigenvalue weighted by Gasteiger charge is 2.27. The Balaban J connectivity index is 2.20. The van der Waals surface area contributed by atoms with Crippen molar-refractivity contribution in [1.29, 1.82) is 0 Å². The number of carbonyl (C=O) groups excluding carboxylic acids is 1. The zero-order chi connectivity index (χ0) is 14.9. The first-order valence-corrected chi connectivity index (χ1v) is 7.43. The number of nitrogens with zero attached hydrogens (tertiary/aromatic N) is 1. The predicted octanol–water partition coefficient (Wildman–Crippen LogP) is 3.75. The normalized spacial score (nSPS) is 14.8. The van der Waals surface area contributed by atoms with Crippen LogP contribution in [0.15, 0.2) is 16.6 Å². The lowest BCUT2D eigenvalue weighted by atomic mass is 10.00. The monoisotopic (exact) mass is 341 g/mol. The Hall–Kier alpha value is -1.23. The fourth-order valence-electron chi connectivity index (χ4n) is 2.21. The van der Waals surface area contributed by atoms with Crippen LogP contribution >= 0.6 is 15.9 Å². The molecule has 110 valence electrons. The lowest BCUT2D eigenvalue weighted by molar-refractivity contribution is 0.0223. The number of benzene rings is 1. The van der Waals surface area contributed by atoms with E-state index < -0.39 is 5.60 Å². The Morgan fingerprint density at radius 3 is 2.65 bits per heavy atom. The molecule has 0 radical (unpaired) electrons. The first-order valence-electron chi connectivity index (χ1n) is 6.64. The smallest absolute Gasteiger partial charge is 0.410 e. The molecule has 5 heteroatoms. The van der Waals surface area contributed by atoms with Crippen LogP contribution in [0.25, 0.3) is 0 Å². The third-order valence-electron chi connectivity index (χ3n) is 3.18. The first kappa shape index (κ1) is 15.2. The van der Waals surface area contributed by atoms with Crippen LogP contribution in [0.1, 0.15) is 31.9 Å². The Kier molecular flexibility index (Phi) is 4.28. The number of halogens is 1. The van der Waals surface area contributed by atoms with E-state index in [0.717, 1.165) is 22.2 Å². The van der Waals surface area contributed by atoms with E-state index in [1.165, 1.54) is 5.56 Å². The van der Waals surface area contributed by atoms with Crippen LogP contribution in [0.2, 0.25) is 0 Å². The van der Waals surface area contributed by atoms with E-state index in [1.54, 1.807) is 12.0 Å². The second kappa shape index (κ2) is 5.64. The molecule has 0 N–H and O–H groups in total. The van der Waals surface area contributed by atoms with Crippen molar-refractivity contribution in [3.05, 3.63) is 27.7 Å². The molecule has 0 bridgehead atoms. The summed E-state index contributed by atoms with van der Waals surface area (Å²) in [5.41, 5.74) is 1.88. The second-order valence-corrected chi connectivity index (χ2v) is 6.66. The molecule has 0 atom stereocenters. The van der Waals surface area contributed by atoms with Gasteiger partial charge in [0.2, 0.25) is 0 Å². The number of fused-ring (bicyclic) bond motifs is 1. The van der Waals surface area contributed by atoms with Crippen molar-refractivity contribution >= 4 is 22.0 Å². The van der Waals surface area contributed by atoms with Crippen LogP contribution in [0.5, 0.6) is 5.75 Å². The quantitative estimate of drug-likeness (QED) is 0.780. The van der Waals surface area contributed by atoms with Gasteiger partial charge >= 0.3 is 6.09 Å². The molecule has 1 aromatic rings. The molecule has 0 saturated carbocycles. The predicted molar refractivity (Wildman–Crippen MR) is 81.0 cm³/mol. The van der Waals surface area contributed by atoms with Crippen molar-refractivity contribution in [3.63, 3.8) is 0 Å². The minimum absolute atomic E-state index is 0.266. The largest absolute Gasteiger partial charge is 0.496 e. The van der Waals surface area contributed by atoms with Gasteiger partial charge in [0.05, 0.1) is 18.1 Å². The summed E-state index contributed by atoms with van der Waals surface area (Å²) < 4.78 is 11.7. The van der Waals surface area contributed by atoms with E-state index in [2.05, 4.69) is 22.0 Å². The lowest BCUT2D eigenvalue weighted by Crippen LogP contribution is -2.40. The number of amides is 1. The molecule has 1 aliphatic heterocycles. The molecule has 1 aromatic carbocycles. The molecule has 1 heterocycles. The highest BCUT2D eigenvalue weighted by molar-refractivity contribution is 9.10. The molecule has 0 aliphatic carbocycles. The van der Waals surface area contributed by atoms with Gasteiger partial charge in [-0.3, -0.25) is 0 Å². The first-order chi connectivity index (χ1) is 9.31. The maximum Gasteiger partial charge on any atom is 0.410 e. The summed E-state index contributed by atoms with van der Waals surface area (Å²) in [6.45, 7) is 6.86. The molecule has 0 fully saturated rings. The third-order valence-corrected chi connectivity index (χ3v) is 4.05. The molecule has 0 aromatic heterocycles. The molecule has 1 amide bonds. The fraction of sp³-hybridized carbons (Fsp3) is 0.533. The van der Waals surface area contributed by atoms with E-state index in [4.69, 9.17) is 9.47 Å². The van der Waals surface area contributed by atoms with Crippen molar-refractivity contribution in [3.8, 4) is 5.75 Å². The minimum atomic E-state index is -0.469. The Morgan fingerprint density at radius 2 is 2.05 bits per heavy atom. The Bertz CT molecular complexity index is 523. The summed E-state index contributed by atoms with van der Waals surface area (Å²) in [6, 6.07) is 4.01. The van der Waals surface area contributed by atoms with E-state index in [1.807, 2.05) is 26.8 Å². The zero-order valence-electron chi connectivity index (χ0n) is 12.3. The number of ether oxygens (including phenoxy) is 2. The van der Waals surface area contributed by atoms with Crippen LogP contribution in [-0.4, -0.2) is 30.2 Å². The van der Waals surface area contributed by atoms with E-state index in [-0.39, 0.29) is 6.09 Å². The zero-order valence-corrected chi connectivity index (χ0v) is 13.9. The summed E-state index contributed by atoms with van der Waals surface area (Å²) in [5, 5.41) is 0. The lowest BCUT2D eigenvalue weighted by Gasteiger charge is -2.32. The van der Waals surface area contributed by atoms with Crippen LogP contribution in [0.4, 0.5) is 4.79 Å². The van der Waals surface area contributed by atoms with Gasteiger partial charge in [0, 0.05) is 6.54 Å². The van der Waals surface area contributed by atoms with Crippen LogP contribution in [0.3, 0.4) is 0 Å². The summed E-state index contributed by atoms with van der Waals surface area (Å²) in [7, 11) is 1.64. The molecule has 0 unspecified atom stereocenters.